The molecule has 0 saturated carbocycles. The molecule has 10 heteroatoms. The maximum absolute atomic E-state index is 13.7. The van der Waals surface area contributed by atoms with Crippen LogP contribution in [0.1, 0.15) is 28.0 Å². The number of amides is 1. The zero-order valence-electron chi connectivity index (χ0n) is 15.5. The number of nitrogens with one attached hydrogen (secondary N) is 1. The molecule has 0 atom stereocenters. The van der Waals surface area contributed by atoms with E-state index in [1.165, 1.54) is 35.9 Å². The number of furan rings is 1. The Morgan fingerprint density at radius 3 is 2.83 bits per heavy atom. The van der Waals surface area contributed by atoms with E-state index in [4.69, 9.17) is 9.15 Å². The van der Waals surface area contributed by atoms with Crippen LogP contribution in [-0.2, 0) is 4.74 Å². The number of carbonyl (C=O) groups is 2. The Labute approximate surface area is 172 Å². The van der Waals surface area contributed by atoms with E-state index < -0.39 is 23.3 Å². The molecule has 1 N–H and O–H groups in total. The molecule has 152 valence electrons. The molecule has 0 saturated heterocycles. The number of nitrogens with zero attached hydrogens (tertiary/aromatic N) is 2. The van der Waals surface area contributed by atoms with Crippen LogP contribution in [0.3, 0.4) is 0 Å². The molecular weight excluding hydrogens is 413 g/mol. The topological polar surface area (TPSA) is 103 Å². The number of hydrogen-bond acceptors (Lipinski definition) is 7. The van der Waals surface area contributed by atoms with E-state index in [0.29, 0.717) is 0 Å². The molecule has 4 aromatic rings. The van der Waals surface area contributed by atoms with E-state index >= 15 is 0 Å². The van der Waals surface area contributed by atoms with Crippen LogP contribution in [0, 0.1) is 5.82 Å². The van der Waals surface area contributed by atoms with Gasteiger partial charge in [-0.15, -0.1) is 11.3 Å². The zero-order chi connectivity index (χ0) is 21.3. The normalized spacial score (nSPS) is 10.9. The predicted octanol–water partition coefficient (Wildman–Crippen LogP) is 3.61. The SMILES string of the molecule is CCOC(=O)c1nn(-c2cccc(F)c2)c(=O)c2c(NC(=O)c3ccco3)scc12. The number of carbonyl (C=O) groups excluding carboxylic acids is 2. The van der Waals surface area contributed by atoms with E-state index in [1.54, 1.807) is 13.0 Å². The molecule has 0 radical (unpaired) electrons. The summed E-state index contributed by atoms with van der Waals surface area (Å²) in [6.07, 6.45) is 1.35. The molecule has 1 amide bonds. The fourth-order valence-corrected chi connectivity index (χ4v) is 3.78. The lowest BCUT2D eigenvalue weighted by atomic mass is 10.2. The lowest BCUT2D eigenvalue weighted by molar-refractivity contribution is 0.0520. The van der Waals surface area contributed by atoms with Gasteiger partial charge in [0, 0.05) is 10.8 Å². The summed E-state index contributed by atoms with van der Waals surface area (Å²) in [6, 6.07) is 8.26. The number of hydrogen-bond donors (Lipinski definition) is 1. The molecule has 8 nitrogen and oxygen atoms in total. The molecule has 3 heterocycles. The van der Waals surface area contributed by atoms with Crippen molar-refractivity contribution >= 4 is 39.0 Å². The monoisotopic (exact) mass is 427 g/mol. The van der Waals surface area contributed by atoms with Gasteiger partial charge in [-0.1, -0.05) is 6.07 Å². The summed E-state index contributed by atoms with van der Waals surface area (Å²) in [4.78, 5) is 38.0. The first-order chi connectivity index (χ1) is 14.5. The Balaban J connectivity index is 1.92. The Bertz CT molecular complexity index is 1310. The van der Waals surface area contributed by atoms with Gasteiger partial charge in [0.15, 0.2) is 11.5 Å². The molecule has 0 spiro atoms. The quantitative estimate of drug-likeness (QED) is 0.488. The molecule has 3 aromatic heterocycles. The summed E-state index contributed by atoms with van der Waals surface area (Å²) >= 11 is 1.05. The highest BCUT2D eigenvalue weighted by atomic mass is 32.1. The van der Waals surface area contributed by atoms with Gasteiger partial charge in [0.05, 0.1) is 23.9 Å². The number of fused-ring (bicyclic) bond motifs is 1. The highest BCUT2D eigenvalue weighted by Crippen LogP contribution is 2.31. The summed E-state index contributed by atoms with van der Waals surface area (Å²) in [6.45, 7) is 1.74. The van der Waals surface area contributed by atoms with Gasteiger partial charge in [0.1, 0.15) is 10.8 Å². The van der Waals surface area contributed by atoms with Crippen molar-refractivity contribution in [2.45, 2.75) is 6.92 Å². The summed E-state index contributed by atoms with van der Waals surface area (Å²) in [5, 5.41) is 8.75. The molecule has 1 aromatic carbocycles. The van der Waals surface area contributed by atoms with E-state index in [-0.39, 0.29) is 39.5 Å². The lowest BCUT2D eigenvalue weighted by Gasteiger charge is -2.09. The van der Waals surface area contributed by atoms with Crippen LogP contribution in [0.25, 0.3) is 16.5 Å². The average Bonchev–Trinajstić information content (AvgIpc) is 3.39. The van der Waals surface area contributed by atoms with Gasteiger partial charge >= 0.3 is 5.97 Å². The molecule has 4 rings (SSSR count). The van der Waals surface area contributed by atoms with E-state index in [9.17, 15) is 18.8 Å². The number of benzene rings is 1. The minimum absolute atomic E-state index is 0.0571. The fourth-order valence-electron chi connectivity index (χ4n) is 2.85. The van der Waals surface area contributed by atoms with Gasteiger partial charge in [-0.05, 0) is 37.3 Å². The minimum Gasteiger partial charge on any atom is -0.461 e. The number of halogens is 1. The van der Waals surface area contributed by atoms with Crippen molar-refractivity contribution in [2.24, 2.45) is 0 Å². The van der Waals surface area contributed by atoms with Gasteiger partial charge < -0.3 is 14.5 Å². The molecule has 0 fully saturated rings. The van der Waals surface area contributed by atoms with E-state index in [2.05, 4.69) is 10.4 Å². The van der Waals surface area contributed by atoms with Crippen LogP contribution in [0.5, 0.6) is 0 Å². The standard InChI is InChI=1S/C20H14FN3O5S/c1-2-28-20(27)16-13-10-30-18(22-17(25)14-7-4-8-29-14)15(13)19(26)24(23-16)12-6-3-5-11(21)9-12/h3-10H,2H2,1H3,(H,22,25). The number of anilines is 1. The van der Waals surface area contributed by atoms with Crippen LogP contribution >= 0.6 is 11.3 Å². The van der Waals surface area contributed by atoms with Crippen LogP contribution in [0.2, 0.25) is 0 Å². The van der Waals surface area contributed by atoms with Gasteiger partial charge in [-0.3, -0.25) is 9.59 Å². The molecule has 0 aliphatic heterocycles. The second-order valence-electron chi connectivity index (χ2n) is 6.05. The van der Waals surface area contributed by atoms with Crippen LogP contribution in [0.4, 0.5) is 9.39 Å². The summed E-state index contributed by atoms with van der Waals surface area (Å²) in [7, 11) is 0. The largest absolute Gasteiger partial charge is 0.461 e. The first-order valence-electron chi connectivity index (χ1n) is 8.82. The molecule has 0 aliphatic carbocycles. The van der Waals surface area contributed by atoms with E-state index in [1.807, 2.05) is 0 Å². The number of aromatic nitrogens is 2. The first-order valence-corrected chi connectivity index (χ1v) is 9.70. The molecule has 0 unspecified atom stereocenters. The number of ether oxygens (including phenoxy) is 1. The zero-order valence-corrected chi connectivity index (χ0v) is 16.4. The number of esters is 1. The van der Waals surface area contributed by atoms with Gasteiger partial charge in [-0.2, -0.15) is 9.78 Å². The maximum atomic E-state index is 13.7. The van der Waals surface area contributed by atoms with Crippen LogP contribution < -0.4 is 10.9 Å². The lowest BCUT2D eigenvalue weighted by Crippen LogP contribution is -2.25. The Kier molecular flexibility index (Phi) is 5.15. The Morgan fingerprint density at radius 2 is 2.13 bits per heavy atom. The van der Waals surface area contributed by atoms with Crippen molar-refractivity contribution in [1.82, 2.24) is 9.78 Å². The predicted molar refractivity (Wildman–Crippen MR) is 108 cm³/mol. The van der Waals surface area contributed by atoms with Crippen LogP contribution in [0.15, 0.2) is 57.3 Å². The van der Waals surface area contributed by atoms with Gasteiger partial charge in [-0.25, -0.2) is 9.18 Å². The van der Waals surface area contributed by atoms with Crippen molar-refractivity contribution in [3.8, 4) is 5.69 Å². The second kappa shape index (κ2) is 7.91. The smallest absolute Gasteiger partial charge is 0.359 e. The summed E-state index contributed by atoms with van der Waals surface area (Å²) in [5.74, 6) is -1.82. The second-order valence-corrected chi connectivity index (χ2v) is 6.93. The summed E-state index contributed by atoms with van der Waals surface area (Å²) in [5.41, 5.74) is -0.618. The molecule has 0 aliphatic rings. The van der Waals surface area contributed by atoms with Crippen molar-refractivity contribution in [3.05, 3.63) is 75.7 Å². The van der Waals surface area contributed by atoms with Crippen molar-refractivity contribution < 1.29 is 23.1 Å². The summed E-state index contributed by atoms with van der Waals surface area (Å²) < 4.78 is 24.8. The third kappa shape index (κ3) is 3.48. The van der Waals surface area contributed by atoms with Crippen molar-refractivity contribution in [2.75, 3.05) is 11.9 Å². The van der Waals surface area contributed by atoms with Crippen molar-refractivity contribution in [3.63, 3.8) is 0 Å². The number of rotatable bonds is 5. The third-order valence-corrected chi connectivity index (χ3v) is 5.04. The number of thiophene rings is 1. The maximum Gasteiger partial charge on any atom is 0.359 e. The Morgan fingerprint density at radius 1 is 1.30 bits per heavy atom. The van der Waals surface area contributed by atoms with Gasteiger partial charge in [0.25, 0.3) is 11.5 Å². The molecule has 0 bridgehead atoms. The van der Waals surface area contributed by atoms with Crippen molar-refractivity contribution in [1.29, 1.82) is 0 Å². The highest BCUT2D eigenvalue weighted by Gasteiger charge is 2.23. The Hall–Kier alpha value is -3.79. The van der Waals surface area contributed by atoms with E-state index in [0.717, 1.165) is 22.1 Å². The first kappa shape index (κ1) is 19.5. The highest BCUT2D eigenvalue weighted by molar-refractivity contribution is 7.16. The third-order valence-electron chi connectivity index (χ3n) is 4.15. The minimum atomic E-state index is -0.741. The molecule has 30 heavy (non-hydrogen) atoms. The molecular formula is C20H14FN3O5S. The average molecular weight is 427 g/mol. The fraction of sp³-hybridized carbons (Fsp3) is 0.100. The van der Waals surface area contributed by atoms with Crippen LogP contribution in [-0.4, -0.2) is 28.3 Å². The van der Waals surface area contributed by atoms with Gasteiger partial charge in [0.2, 0.25) is 0 Å².